The molecule has 0 saturated carbocycles. The van der Waals surface area contributed by atoms with Gasteiger partial charge in [-0.3, -0.25) is 4.79 Å². The fourth-order valence-electron chi connectivity index (χ4n) is 1.53. The maximum atomic E-state index is 13.3. The van der Waals surface area contributed by atoms with E-state index in [1.165, 1.54) is 18.2 Å². The topological polar surface area (TPSA) is 68.0 Å². The van der Waals surface area contributed by atoms with Gasteiger partial charge in [-0.15, -0.1) is 0 Å². The lowest BCUT2D eigenvalue weighted by molar-refractivity contribution is 0.102. The van der Waals surface area contributed by atoms with E-state index in [9.17, 15) is 9.18 Å². The number of nitrogens with one attached hydrogen (secondary N) is 1. The SMILES string of the molecule is Cc1nc(NC(=O)c2cccc(F)c2N)ccc1Br. The van der Waals surface area contributed by atoms with Gasteiger partial charge >= 0.3 is 0 Å². The van der Waals surface area contributed by atoms with Crippen LogP contribution in [0.3, 0.4) is 0 Å². The van der Waals surface area contributed by atoms with Gasteiger partial charge in [0.05, 0.1) is 16.9 Å². The number of carbonyl (C=O) groups excluding carboxylic acids is 1. The van der Waals surface area contributed by atoms with Gasteiger partial charge in [0.1, 0.15) is 11.6 Å². The number of nitrogen functional groups attached to an aromatic ring is 1. The predicted molar refractivity (Wildman–Crippen MR) is 75.4 cm³/mol. The van der Waals surface area contributed by atoms with E-state index in [0.717, 1.165) is 10.2 Å². The third-order valence-electron chi connectivity index (χ3n) is 2.56. The number of aromatic nitrogens is 1. The molecule has 3 N–H and O–H groups in total. The van der Waals surface area contributed by atoms with Crippen LogP contribution in [-0.4, -0.2) is 10.9 Å². The van der Waals surface area contributed by atoms with Gasteiger partial charge in [0, 0.05) is 4.47 Å². The highest BCUT2D eigenvalue weighted by atomic mass is 79.9. The molecule has 1 aromatic carbocycles. The number of hydrogen-bond acceptors (Lipinski definition) is 3. The van der Waals surface area contributed by atoms with Gasteiger partial charge in [0.25, 0.3) is 5.91 Å². The van der Waals surface area contributed by atoms with Crippen molar-refractivity contribution in [3.63, 3.8) is 0 Å². The van der Waals surface area contributed by atoms with Crippen LogP contribution in [0.25, 0.3) is 0 Å². The highest BCUT2D eigenvalue weighted by Crippen LogP contribution is 2.19. The molecule has 0 unspecified atom stereocenters. The van der Waals surface area contributed by atoms with Crippen molar-refractivity contribution in [3.8, 4) is 0 Å². The number of anilines is 2. The van der Waals surface area contributed by atoms with E-state index in [2.05, 4.69) is 26.2 Å². The zero-order chi connectivity index (χ0) is 14.0. The number of pyridine rings is 1. The molecule has 98 valence electrons. The lowest BCUT2D eigenvalue weighted by atomic mass is 10.1. The molecule has 1 heterocycles. The van der Waals surface area contributed by atoms with E-state index in [1.54, 1.807) is 19.1 Å². The van der Waals surface area contributed by atoms with Crippen molar-refractivity contribution >= 4 is 33.3 Å². The van der Waals surface area contributed by atoms with Crippen LogP contribution >= 0.6 is 15.9 Å². The van der Waals surface area contributed by atoms with E-state index in [4.69, 9.17) is 5.73 Å². The molecule has 6 heteroatoms. The normalized spacial score (nSPS) is 10.3. The molecule has 0 atom stereocenters. The fourth-order valence-corrected chi connectivity index (χ4v) is 1.75. The molecule has 0 fully saturated rings. The second-order valence-electron chi connectivity index (χ2n) is 3.92. The van der Waals surface area contributed by atoms with Gasteiger partial charge in [-0.25, -0.2) is 9.37 Å². The number of halogens is 2. The maximum Gasteiger partial charge on any atom is 0.259 e. The van der Waals surface area contributed by atoms with Crippen molar-refractivity contribution in [3.05, 3.63) is 51.9 Å². The van der Waals surface area contributed by atoms with Crippen LogP contribution in [0.5, 0.6) is 0 Å². The van der Waals surface area contributed by atoms with E-state index < -0.39 is 11.7 Å². The van der Waals surface area contributed by atoms with Gasteiger partial charge in [0.2, 0.25) is 0 Å². The highest BCUT2D eigenvalue weighted by molar-refractivity contribution is 9.10. The summed E-state index contributed by atoms with van der Waals surface area (Å²) in [6, 6.07) is 7.51. The number of para-hydroxylation sites is 1. The van der Waals surface area contributed by atoms with Gasteiger partial charge in [-0.1, -0.05) is 6.07 Å². The Morgan fingerprint density at radius 2 is 2.11 bits per heavy atom. The Hall–Kier alpha value is -1.95. The summed E-state index contributed by atoms with van der Waals surface area (Å²) in [6.07, 6.45) is 0. The van der Waals surface area contributed by atoms with Gasteiger partial charge in [0.15, 0.2) is 0 Å². The Labute approximate surface area is 118 Å². The summed E-state index contributed by atoms with van der Waals surface area (Å²) >= 11 is 3.32. The Bertz CT molecular complexity index is 646. The molecule has 0 aliphatic heterocycles. The molecular weight excluding hydrogens is 313 g/mol. The van der Waals surface area contributed by atoms with Gasteiger partial charge in [-0.2, -0.15) is 0 Å². The Morgan fingerprint density at radius 3 is 2.79 bits per heavy atom. The summed E-state index contributed by atoms with van der Waals surface area (Å²) in [5.41, 5.74) is 6.18. The highest BCUT2D eigenvalue weighted by Gasteiger charge is 2.13. The summed E-state index contributed by atoms with van der Waals surface area (Å²) in [4.78, 5) is 16.2. The molecule has 0 radical (unpaired) electrons. The van der Waals surface area contributed by atoms with Crippen molar-refractivity contribution in [1.82, 2.24) is 4.98 Å². The lowest BCUT2D eigenvalue weighted by Gasteiger charge is -2.08. The first-order chi connectivity index (χ1) is 8.99. The minimum atomic E-state index is -0.618. The first-order valence-corrected chi connectivity index (χ1v) is 6.27. The molecule has 1 aromatic heterocycles. The molecule has 1 amide bonds. The van der Waals surface area contributed by atoms with Gasteiger partial charge in [-0.05, 0) is 47.1 Å². The molecule has 0 aliphatic rings. The molecule has 0 saturated heterocycles. The van der Waals surface area contributed by atoms with Crippen molar-refractivity contribution in [2.24, 2.45) is 0 Å². The lowest BCUT2D eigenvalue weighted by Crippen LogP contribution is -2.15. The van der Waals surface area contributed by atoms with Gasteiger partial charge < -0.3 is 11.1 Å². The molecule has 0 aliphatic carbocycles. The largest absolute Gasteiger partial charge is 0.396 e. The summed E-state index contributed by atoms with van der Waals surface area (Å²) in [5, 5.41) is 2.58. The number of amides is 1. The summed E-state index contributed by atoms with van der Waals surface area (Å²) in [7, 11) is 0. The van der Waals surface area contributed by atoms with Crippen molar-refractivity contribution in [2.45, 2.75) is 6.92 Å². The van der Waals surface area contributed by atoms with Crippen LogP contribution < -0.4 is 11.1 Å². The average molecular weight is 324 g/mol. The molecule has 0 bridgehead atoms. The third-order valence-corrected chi connectivity index (χ3v) is 3.40. The quantitative estimate of drug-likeness (QED) is 0.834. The van der Waals surface area contributed by atoms with Crippen LogP contribution in [-0.2, 0) is 0 Å². The second kappa shape index (κ2) is 5.36. The zero-order valence-electron chi connectivity index (χ0n) is 10.1. The van der Waals surface area contributed by atoms with Crippen molar-refractivity contribution < 1.29 is 9.18 Å². The van der Waals surface area contributed by atoms with E-state index in [-0.39, 0.29) is 11.3 Å². The Morgan fingerprint density at radius 1 is 1.37 bits per heavy atom. The smallest absolute Gasteiger partial charge is 0.259 e. The minimum absolute atomic E-state index is 0.0855. The number of aryl methyl sites for hydroxylation is 1. The van der Waals surface area contributed by atoms with E-state index >= 15 is 0 Å². The second-order valence-corrected chi connectivity index (χ2v) is 4.77. The van der Waals surface area contributed by atoms with Crippen LogP contribution in [0, 0.1) is 12.7 Å². The monoisotopic (exact) mass is 323 g/mol. The van der Waals surface area contributed by atoms with Crippen LogP contribution in [0.1, 0.15) is 16.1 Å². The number of carbonyl (C=O) groups is 1. The van der Waals surface area contributed by atoms with E-state index in [0.29, 0.717) is 5.82 Å². The number of nitrogens with two attached hydrogens (primary N) is 1. The van der Waals surface area contributed by atoms with E-state index in [1.807, 2.05) is 0 Å². The van der Waals surface area contributed by atoms with Crippen molar-refractivity contribution in [2.75, 3.05) is 11.1 Å². The van der Waals surface area contributed by atoms with Crippen LogP contribution in [0.15, 0.2) is 34.8 Å². The van der Waals surface area contributed by atoms with Crippen molar-refractivity contribution in [1.29, 1.82) is 0 Å². The Kier molecular flexibility index (Phi) is 3.80. The molecule has 4 nitrogen and oxygen atoms in total. The zero-order valence-corrected chi connectivity index (χ0v) is 11.7. The summed E-state index contributed by atoms with van der Waals surface area (Å²) < 4.78 is 14.1. The summed E-state index contributed by atoms with van der Waals surface area (Å²) in [5.74, 6) is -0.729. The first-order valence-electron chi connectivity index (χ1n) is 5.47. The predicted octanol–water partition coefficient (Wildman–Crippen LogP) is 3.13. The fraction of sp³-hybridized carbons (Fsp3) is 0.0769. The maximum absolute atomic E-state index is 13.3. The molecule has 2 rings (SSSR count). The molecule has 2 aromatic rings. The molecule has 0 spiro atoms. The van der Waals surface area contributed by atoms with Crippen LogP contribution in [0.4, 0.5) is 15.9 Å². The minimum Gasteiger partial charge on any atom is -0.396 e. The third kappa shape index (κ3) is 2.90. The number of rotatable bonds is 2. The number of nitrogens with zero attached hydrogens (tertiary/aromatic N) is 1. The number of benzene rings is 1. The molecule has 19 heavy (non-hydrogen) atoms. The first kappa shape index (κ1) is 13.5. The standard InChI is InChI=1S/C13H11BrFN3O/c1-7-9(14)5-6-11(17-7)18-13(19)8-3-2-4-10(15)12(8)16/h2-6H,16H2,1H3,(H,17,18,19). The average Bonchev–Trinajstić information content (AvgIpc) is 2.37. The molecular formula is C13H11BrFN3O. The Balaban J connectivity index is 2.26. The van der Waals surface area contributed by atoms with Crippen LogP contribution in [0.2, 0.25) is 0 Å². The summed E-state index contributed by atoms with van der Waals surface area (Å²) in [6.45, 7) is 1.80. The number of hydrogen-bond donors (Lipinski definition) is 2.